The van der Waals surface area contributed by atoms with Crippen LogP contribution in [0.1, 0.15) is 0 Å². The second-order valence-electron chi connectivity index (χ2n) is 2.83. The molecule has 0 fully saturated rings. The highest BCUT2D eigenvalue weighted by atomic mass is 16.5. The molecule has 2 N–H and O–H groups in total. The lowest BCUT2D eigenvalue weighted by Gasteiger charge is -2.13. The fraction of sp³-hybridized carbons (Fsp3) is 0.111. The van der Waals surface area contributed by atoms with Gasteiger partial charge in [0.2, 0.25) is 0 Å². The van der Waals surface area contributed by atoms with Crippen molar-refractivity contribution >= 4 is 17.7 Å². The Hall–Kier alpha value is -2.04. The molecule has 0 bridgehead atoms. The maximum Gasteiger partial charge on any atom is 0.320 e. The molecular weight excluding hydrogens is 180 g/mol. The first-order valence-electron chi connectivity index (χ1n) is 4.15. The van der Waals surface area contributed by atoms with E-state index < -0.39 is 0 Å². The molecule has 5 heteroatoms. The van der Waals surface area contributed by atoms with Gasteiger partial charge in [0.25, 0.3) is 5.95 Å². The van der Waals surface area contributed by atoms with E-state index in [9.17, 15) is 0 Å². The minimum Gasteiger partial charge on any atom is -0.351 e. The molecule has 0 spiro atoms. The predicted molar refractivity (Wildman–Crippen MR) is 53.2 cm³/mol. The first kappa shape index (κ1) is 8.55. The van der Waals surface area contributed by atoms with Crippen LogP contribution in [0.25, 0.3) is 0 Å². The van der Waals surface area contributed by atoms with Gasteiger partial charge in [-0.25, -0.2) is 0 Å². The highest BCUT2D eigenvalue weighted by Crippen LogP contribution is 2.19. The van der Waals surface area contributed by atoms with Gasteiger partial charge in [-0.05, 0) is 17.3 Å². The Morgan fingerprint density at radius 1 is 1.29 bits per heavy atom. The van der Waals surface area contributed by atoms with Crippen LogP contribution in [0.15, 0.2) is 34.9 Å². The van der Waals surface area contributed by atoms with Crippen molar-refractivity contribution in [3.05, 3.63) is 30.3 Å². The Morgan fingerprint density at radius 2 is 2.00 bits per heavy atom. The van der Waals surface area contributed by atoms with E-state index in [0.29, 0.717) is 5.95 Å². The standard InChI is InChI=1S/C9H10N4O/c1-13(7-5-3-2-4-6-7)9-11-8(10)14-12-9/h2-6H,1H3,(H2,10,11,12). The summed E-state index contributed by atoms with van der Waals surface area (Å²) in [4.78, 5) is 5.70. The zero-order chi connectivity index (χ0) is 9.97. The van der Waals surface area contributed by atoms with Crippen LogP contribution in [0.2, 0.25) is 0 Å². The molecule has 0 aliphatic rings. The van der Waals surface area contributed by atoms with Crippen molar-refractivity contribution in [1.82, 2.24) is 10.1 Å². The van der Waals surface area contributed by atoms with E-state index in [-0.39, 0.29) is 6.01 Å². The van der Waals surface area contributed by atoms with Gasteiger partial charge in [0.05, 0.1) is 0 Å². The molecule has 2 rings (SSSR count). The monoisotopic (exact) mass is 190 g/mol. The zero-order valence-electron chi connectivity index (χ0n) is 7.71. The fourth-order valence-electron chi connectivity index (χ4n) is 1.13. The molecule has 1 aromatic heterocycles. The minimum absolute atomic E-state index is 0.0720. The number of hydrogen-bond acceptors (Lipinski definition) is 5. The quantitative estimate of drug-likeness (QED) is 0.775. The van der Waals surface area contributed by atoms with E-state index >= 15 is 0 Å². The van der Waals surface area contributed by atoms with Crippen LogP contribution in [0, 0.1) is 0 Å². The summed E-state index contributed by atoms with van der Waals surface area (Å²) >= 11 is 0. The zero-order valence-corrected chi connectivity index (χ0v) is 7.71. The summed E-state index contributed by atoms with van der Waals surface area (Å²) in [5.74, 6) is 0.453. The highest BCUT2D eigenvalue weighted by Gasteiger charge is 2.09. The van der Waals surface area contributed by atoms with Gasteiger partial charge in [-0.2, -0.15) is 4.98 Å². The van der Waals surface area contributed by atoms with Crippen LogP contribution in [0.3, 0.4) is 0 Å². The molecular formula is C9H10N4O. The topological polar surface area (TPSA) is 68.2 Å². The Kier molecular flexibility index (Phi) is 2.06. The second kappa shape index (κ2) is 3.37. The Labute approximate surface area is 81.1 Å². The van der Waals surface area contributed by atoms with Crippen molar-refractivity contribution in [2.45, 2.75) is 0 Å². The van der Waals surface area contributed by atoms with Crippen LogP contribution < -0.4 is 10.6 Å². The highest BCUT2D eigenvalue weighted by molar-refractivity contribution is 5.55. The Morgan fingerprint density at radius 3 is 2.57 bits per heavy atom. The van der Waals surface area contributed by atoms with E-state index in [1.807, 2.05) is 37.4 Å². The van der Waals surface area contributed by atoms with E-state index in [2.05, 4.69) is 14.7 Å². The lowest BCUT2D eigenvalue weighted by Crippen LogP contribution is -2.10. The number of para-hydroxylation sites is 1. The number of nitrogen functional groups attached to an aromatic ring is 1. The summed E-state index contributed by atoms with van der Waals surface area (Å²) in [6, 6.07) is 9.80. The third-order valence-electron chi connectivity index (χ3n) is 1.87. The van der Waals surface area contributed by atoms with Gasteiger partial charge in [-0.3, -0.25) is 0 Å². The van der Waals surface area contributed by atoms with Crippen LogP contribution in [-0.2, 0) is 0 Å². The molecule has 14 heavy (non-hydrogen) atoms. The number of anilines is 3. The number of hydrogen-bond donors (Lipinski definition) is 1. The third kappa shape index (κ3) is 1.52. The summed E-state index contributed by atoms with van der Waals surface area (Å²) in [6.45, 7) is 0. The van der Waals surface area contributed by atoms with Crippen molar-refractivity contribution in [3.63, 3.8) is 0 Å². The van der Waals surface area contributed by atoms with Gasteiger partial charge in [-0.15, -0.1) is 0 Å². The van der Waals surface area contributed by atoms with Gasteiger partial charge in [0.1, 0.15) is 0 Å². The predicted octanol–water partition coefficient (Wildman–Crippen LogP) is 1.42. The van der Waals surface area contributed by atoms with Gasteiger partial charge >= 0.3 is 6.01 Å². The smallest absolute Gasteiger partial charge is 0.320 e. The Bertz CT molecular complexity index is 412. The second-order valence-corrected chi connectivity index (χ2v) is 2.83. The molecule has 2 aromatic rings. The number of benzene rings is 1. The van der Waals surface area contributed by atoms with Gasteiger partial charge in [0, 0.05) is 12.7 Å². The van der Waals surface area contributed by atoms with E-state index in [0.717, 1.165) is 5.69 Å². The molecule has 0 radical (unpaired) electrons. The number of aromatic nitrogens is 2. The Balaban J connectivity index is 2.29. The van der Waals surface area contributed by atoms with Crippen molar-refractivity contribution < 1.29 is 4.52 Å². The van der Waals surface area contributed by atoms with E-state index in [1.54, 1.807) is 4.90 Å². The summed E-state index contributed by atoms with van der Waals surface area (Å²) in [6.07, 6.45) is 0. The van der Waals surface area contributed by atoms with E-state index in [4.69, 9.17) is 5.73 Å². The molecule has 0 amide bonds. The molecule has 0 saturated heterocycles. The normalized spacial score (nSPS) is 10.1. The SMILES string of the molecule is CN(c1ccccc1)c1noc(N)n1. The van der Waals surface area contributed by atoms with Crippen molar-refractivity contribution in [2.75, 3.05) is 17.7 Å². The molecule has 0 aliphatic carbocycles. The van der Waals surface area contributed by atoms with Crippen LogP contribution in [-0.4, -0.2) is 17.2 Å². The molecule has 0 saturated carbocycles. The lowest BCUT2D eigenvalue weighted by molar-refractivity contribution is 0.436. The third-order valence-corrected chi connectivity index (χ3v) is 1.87. The molecule has 0 unspecified atom stereocenters. The van der Waals surface area contributed by atoms with Crippen molar-refractivity contribution in [1.29, 1.82) is 0 Å². The first-order valence-corrected chi connectivity index (χ1v) is 4.15. The lowest BCUT2D eigenvalue weighted by atomic mass is 10.3. The van der Waals surface area contributed by atoms with Crippen molar-refractivity contribution in [3.8, 4) is 0 Å². The van der Waals surface area contributed by atoms with Gasteiger partial charge in [0.15, 0.2) is 0 Å². The summed E-state index contributed by atoms with van der Waals surface area (Å²) in [5, 5.41) is 3.71. The molecule has 0 aliphatic heterocycles. The molecule has 0 atom stereocenters. The number of nitrogens with two attached hydrogens (primary N) is 1. The average molecular weight is 190 g/mol. The molecule has 1 heterocycles. The fourth-order valence-corrected chi connectivity index (χ4v) is 1.13. The van der Waals surface area contributed by atoms with E-state index in [1.165, 1.54) is 0 Å². The maximum absolute atomic E-state index is 5.33. The summed E-state index contributed by atoms with van der Waals surface area (Å²) < 4.78 is 4.68. The molecule has 5 nitrogen and oxygen atoms in total. The minimum atomic E-state index is 0.0720. The van der Waals surface area contributed by atoms with Crippen LogP contribution in [0.4, 0.5) is 17.7 Å². The van der Waals surface area contributed by atoms with Crippen LogP contribution >= 0.6 is 0 Å². The summed E-state index contributed by atoms with van der Waals surface area (Å²) in [7, 11) is 1.85. The first-order chi connectivity index (χ1) is 6.77. The van der Waals surface area contributed by atoms with Crippen molar-refractivity contribution in [2.24, 2.45) is 0 Å². The summed E-state index contributed by atoms with van der Waals surface area (Å²) in [5.41, 5.74) is 6.31. The van der Waals surface area contributed by atoms with Gasteiger partial charge < -0.3 is 15.2 Å². The number of nitrogens with zero attached hydrogens (tertiary/aromatic N) is 3. The number of rotatable bonds is 2. The molecule has 1 aromatic carbocycles. The largest absolute Gasteiger partial charge is 0.351 e. The van der Waals surface area contributed by atoms with Gasteiger partial charge in [-0.1, -0.05) is 18.2 Å². The average Bonchev–Trinajstić information content (AvgIpc) is 2.65. The molecule has 72 valence electrons. The van der Waals surface area contributed by atoms with Crippen LogP contribution in [0.5, 0.6) is 0 Å². The maximum atomic E-state index is 5.33.